The first-order chi connectivity index (χ1) is 19.7. The van der Waals surface area contributed by atoms with Crippen molar-refractivity contribution in [1.29, 1.82) is 0 Å². The average Bonchev–Trinajstić information content (AvgIpc) is 2.90. The van der Waals surface area contributed by atoms with Crippen LogP contribution in [0.15, 0.2) is 47.3 Å². The molecule has 0 saturated carbocycles. The minimum Gasteiger partial charge on any atom is -0.380 e. The van der Waals surface area contributed by atoms with Gasteiger partial charge in [-0.05, 0) is 50.5 Å². The highest BCUT2D eigenvalue weighted by Crippen LogP contribution is 2.26. The summed E-state index contributed by atoms with van der Waals surface area (Å²) < 4.78 is 7.28. The summed E-state index contributed by atoms with van der Waals surface area (Å²) in [5.74, 6) is -0.325. The van der Waals surface area contributed by atoms with Crippen molar-refractivity contribution in [1.82, 2.24) is 24.7 Å². The normalized spacial score (nSPS) is 22.0. The Kier molecular flexibility index (Phi) is 7.39. The molecule has 3 saturated heterocycles. The van der Waals surface area contributed by atoms with Crippen LogP contribution in [0.1, 0.15) is 49.7 Å². The molecule has 2 aromatic carbocycles. The number of piperidine rings is 1. The number of anilines is 1. The van der Waals surface area contributed by atoms with Gasteiger partial charge in [-0.15, -0.1) is 0 Å². The average molecular weight is 559 g/mol. The minimum atomic E-state index is -0.750. The SMILES string of the molecule is Cc1nc2cccc(NCc3ccc(CN4CC(N5CCOC(C)(C)C5)C4)cc3)c2c(=O)n1C1CCC(=O)NC1=O. The van der Waals surface area contributed by atoms with E-state index in [1.54, 1.807) is 13.0 Å². The number of hydrogen-bond acceptors (Lipinski definition) is 8. The first kappa shape index (κ1) is 27.6. The van der Waals surface area contributed by atoms with Crippen molar-refractivity contribution in [3.63, 3.8) is 0 Å². The van der Waals surface area contributed by atoms with Crippen LogP contribution in [0.2, 0.25) is 0 Å². The maximum atomic E-state index is 13.6. The number of fused-ring (bicyclic) bond motifs is 1. The van der Waals surface area contributed by atoms with Gasteiger partial charge in [0, 0.05) is 57.4 Å². The molecule has 41 heavy (non-hydrogen) atoms. The Morgan fingerprint density at radius 2 is 1.83 bits per heavy atom. The van der Waals surface area contributed by atoms with Gasteiger partial charge in [0.25, 0.3) is 5.56 Å². The Morgan fingerprint density at radius 1 is 1.07 bits per heavy atom. The smallest absolute Gasteiger partial charge is 0.264 e. The minimum absolute atomic E-state index is 0.0615. The van der Waals surface area contributed by atoms with Crippen molar-refractivity contribution in [2.45, 2.75) is 64.4 Å². The van der Waals surface area contributed by atoms with E-state index < -0.39 is 11.9 Å². The molecule has 0 bridgehead atoms. The number of rotatable bonds is 7. The Morgan fingerprint density at radius 3 is 2.56 bits per heavy atom. The number of aryl methyl sites for hydroxylation is 1. The molecular formula is C31H38N6O4. The van der Waals surface area contributed by atoms with Gasteiger partial charge in [0.15, 0.2) is 0 Å². The molecule has 1 aromatic heterocycles. The quantitative estimate of drug-likeness (QED) is 0.426. The molecule has 6 rings (SSSR count). The second-order valence-corrected chi connectivity index (χ2v) is 12.1. The molecule has 3 aliphatic rings. The molecule has 3 aromatic rings. The van der Waals surface area contributed by atoms with E-state index in [4.69, 9.17) is 4.74 Å². The van der Waals surface area contributed by atoms with Gasteiger partial charge in [-0.1, -0.05) is 30.3 Å². The fourth-order valence-corrected chi connectivity index (χ4v) is 6.28. The number of nitrogens with zero attached hydrogens (tertiary/aromatic N) is 4. The van der Waals surface area contributed by atoms with Crippen molar-refractivity contribution in [2.24, 2.45) is 0 Å². The number of amides is 2. The Balaban J connectivity index is 1.10. The van der Waals surface area contributed by atoms with E-state index in [0.717, 1.165) is 44.9 Å². The number of benzene rings is 2. The molecule has 1 atom stereocenters. The number of imide groups is 1. The zero-order valence-corrected chi connectivity index (χ0v) is 24.0. The highest BCUT2D eigenvalue weighted by Gasteiger charge is 2.37. The lowest BCUT2D eigenvalue weighted by molar-refractivity contribution is -0.135. The number of aromatic nitrogens is 2. The largest absolute Gasteiger partial charge is 0.380 e. The van der Waals surface area contributed by atoms with Gasteiger partial charge in [0.2, 0.25) is 11.8 Å². The molecule has 0 aliphatic carbocycles. The maximum absolute atomic E-state index is 13.6. The highest BCUT2D eigenvalue weighted by atomic mass is 16.5. The summed E-state index contributed by atoms with van der Waals surface area (Å²) >= 11 is 0. The van der Waals surface area contributed by atoms with E-state index in [2.05, 4.69) is 63.5 Å². The number of likely N-dealkylation sites (tertiary alicyclic amines) is 1. The van der Waals surface area contributed by atoms with Crippen LogP contribution in [-0.2, 0) is 27.4 Å². The van der Waals surface area contributed by atoms with Gasteiger partial charge in [-0.3, -0.25) is 34.1 Å². The Bertz CT molecular complexity index is 1530. The lowest BCUT2D eigenvalue weighted by Gasteiger charge is -2.49. The van der Waals surface area contributed by atoms with E-state index in [1.807, 2.05) is 12.1 Å². The number of ether oxygens (including phenoxy) is 1. The highest BCUT2D eigenvalue weighted by molar-refractivity contribution is 5.99. The fourth-order valence-electron chi connectivity index (χ4n) is 6.28. The molecule has 3 fully saturated rings. The van der Waals surface area contributed by atoms with Crippen molar-refractivity contribution >= 4 is 28.4 Å². The summed E-state index contributed by atoms with van der Waals surface area (Å²) in [6.45, 7) is 12.5. The summed E-state index contributed by atoms with van der Waals surface area (Å²) in [5, 5.41) is 6.19. The molecule has 216 valence electrons. The van der Waals surface area contributed by atoms with Crippen LogP contribution in [0.25, 0.3) is 10.9 Å². The lowest BCUT2D eigenvalue weighted by atomic mass is 10.0. The molecule has 10 heteroatoms. The molecule has 2 amide bonds. The van der Waals surface area contributed by atoms with Crippen LogP contribution in [0.4, 0.5) is 5.69 Å². The van der Waals surface area contributed by atoms with E-state index in [0.29, 0.717) is 35.0 Å². The van der Waals surface area contributed by atoms with Crippen LogP contribution >= 0.6 is 0 Å². The van der Waals surface area contributed by atoms with Crippen molar-refractivity contribution in [3.05, 3.63) is 69.8 Å². The van der Waals surface area contributed by atoms with Gasteiger partial charge in [-0.25, -0.2) is 4.98 Å². The molecule has 1 unspecified atom stereocenters. The van der Waals surface area contributed by atoms with Gasteiger partial charge in [0.05, 0.1) is 23.1 Å². The first-order valence-corrected chi connectivity index (χ1v) is 14.4. The molecule has 3 aliphatic heterocycles. The zero-order chi connectivity index (χ0) is 28.7. The lowest BCUT2D eigenvalue weighted by Crippen LogP contribution is -2.63. The third kappa shape index (κ3) is 5.77. The van der Waals surface area contributed by atoms with Crippen LogP contribution in [-0.4, -0.2) is 75.6 Å². The fraction of sp³-hybridized carbons (Fsp3) is 0.484. The predicted octanol–water partition coefficient (Wildman–Crippen LogP) is 2.59. The summed E-state index contributed by atoms with van der Waals surface area (Å²) in [4.78, 5) is 47.5. The number of hydrogen-bond donors (Lipinski definition) is 2. The Hall–Kier alpha value is -3.60. The van der Waals surface area contributed by atoms with Crippen LogP contribution in [0, 0.1) is 6.92 Å². The molecule has 0 spiro atoms. The summed E-state index contributed by atoms with van der Waals surface area (Å²) in [5.41, 5.74) is 3.29. The predicted molar refractivity (Wildman–Crippen MR) is 157 cm³/mol. The molecule has 4 heterocycles. The number of nitrogens with one attached hydrogen (secondary N) is 2. The van der Waals surface area contributed by atoms with Gasteiger partial charge >= 0.3 is 0 Å². The van der Waals surface area contributed by atoms with Gasteiger partial charge in [-0.2, -0.15) is 0 Å². The summed E-state index contributed by atoms with van der Waals surface area (Å²) in [7, 11) is 0. The maximum Gasteiger partial charge on any atom is 0.264 e. The standard InChI is InChI=1S/C31H38N6O4/c1-20-33-25-6-4-5-24(28(25)30(40)37(20)26-11-12-27(38)34-29(26)39)32-15-21-7-9-22(10-8-21)16-35-17-23(18-35)36-13-14-41-31(2,3)19-36/h4-10,23,26,32H,11-19H2,1-3H3,(H,34,38,39). The van der Waals surface area contributed by atoms with E-state index in [9.17, 15) is 14.4 Å². The molecule has 0 radical (unpaired) electrons. The Labute approximate surface area is 239 Å². The topological polar surface area (TPSA) is 109 Å². The van der Waals surface area contributed by atoms with Crippen LogP contribution in [0.5, 0.6) is 0 Å². The second kappa shape index (κ2) is 11.0. The number of carbonyl (C=O) groups is 2. The van der Waals surface area contributed by atoms with Crippen LogP contribution < -0.4 is 16.2 Å². The van der Waals surface area contributed by atoms with E-state index in [-0.39, 0.29) is 29.9 Å². The van der Waals surface area contributed by atoms with Gasteiger partial charge in [0.1, 0.15) is 11.9 Å². The third-order valence-corrected chi connectivity index (χ3v) is 8.45. The number of morpholine rings is 1. The van der Waals surface area contributed by atoms with Crippen LogP contribution in [0.3, 0.4) is 0 Å². The van der Waals surface area contributed by atoms with E-state index >= 15 is 0 Å². The molecule has 10 nitrogen and oxygen atoms in total. The van der Waals surface area contributed by atoms with Crippen molar-refractivity contribution < 1.29 is 14.3 Å². The second-order valence-electron chi connectivity index (χ2n) is 12.1. The molecular weight excluding hydrogens is 520 g/mol. The van der Waals surface area contributed by atoms with Crippen molar-refractivity contribution in [2.75, 3.05) is 38.1 Å². The zero-order valence-electron chi connectivity index (χ0n) is 24.0. The number of carbonyl (C=O) groups excluding carboxylic acids is 2. The monoisotopic (exact) mass is 558 g/mol. The summed E-state index contributed by atoms with van der Waals surface area (Å²) in [6, 6.07) is 14.0. The first-order valence-electron chi connectivity index (χ1n) is 14.4. The van der Waals surface area contributed by atoms with Crippen molar-refractivity contribution in [3.8, 4) is 0 Å². The molecule has 2 N–H and O–H groups in total. The summed E-state index contributed by atoms with van der Waals surface area (Å²) in [6.07, 6.45) is 0.477. The third-order valence-electron chi connectivity index (χ3n) is 8.45. The van der Waals surface area contributed by atoms with E-state index in [1.165, 1.54) is 10.1 Å². The van der Waals surface area contributed by atoms with Gasteiger partial charge < -0.3 is 10.1 Å².